The van der Waals surface area contributed by atoms with Crippen LogP contribution in [-0.4, -0.2) is 0 Å². The number of rotatable bonds is 7. The average Bonchev–Trinajstić information content (AvgIpc) is 2.64. The molecule has 0 fully saturated rings. The summed E-state index contributed by atoms with van der Waals surface area (Å²) in [7, 11) is 0. The second-order valence-electron chi connectivity index (χ2n) is 7.42. The van der Waals surface area contributed by atoms with Crippen LogP contribution in [0.2, 0.25) is 5.02 Å². The second kappa shape index (κ2) is 8.58. The summed E-state index contributed by atoms with van der Waals surface area (Å²) in [4.78, 5) is 0. The van der Waals surface area contributed by atoms with Gasteiger partial charge in [-0.2, -0.15) is 0 Å². The zero-order valence-corrected chi connectivity index (χ0v) is 16.5. The molecule has 0 saturated carbocycles. The molecular weight excluding hydrogens is 359 g/mol. The van der Waals surface area contributed by atoms with Gasteiger partial charge < -0.3 is 4.74 Å². The Hall–Kier alpha value is -2.32. The third-order valence-electron chi connectivity index (χ3n) is 4.86. The zero-order chi connectivity index (χ0) is 19.3. The van der Waals surface area contributed by atoms with Crippen LogP contribution in [0.3, 0.4) is 0 Å². The highest BCUT2D eigenvalue weighted by atomic mass is 35.5. The number of hydrogen-bond donors (Lipinski definition) is 0. The van der Waals surface area contributed by atoms with Crippen LogP contribution in [0, 0.1) is 5.82 Å². The van der Waals surface area contributed by atoms with E-state index in [2.05, 4.69) is 32.0 Å². The van der Waals surface area contributed by atoms with E-state index >= 15 is 0 Å². The van der Waals surface area contributed by atoms with E-state index in [4.69, 9.17) is 16.3 Å². The Kier molecular flexibility index (Phi) is 6.18. The van der Waals surface area contributed by atoms with Gasteiger partial charge in [-0.05, 0) is 72.2 Å². The Bertz CT molecular complexity index is 887. The number of benzene rings is 3. The second-order valence-corrected chi connectivity index (χ2v) is 7.86. The van der Waals surface area contributed by atoms with Gasteiger partial charge in [0.25, 0.3) is 0 Å². The normalized spacial score (nSPS) is 11.4. The lowest BCUT2D eigenvalue weighted by Gasteiger charge is -2.25. The van der Waals surface area contributed by atoms with Crippen LogP contribution in [0.15, 0.2) is 72.8 Å². The molecule has 3 heteroatoms. The first kappa shape index (κ1) is 19.4. The summed E-state index contributed by atoms with van der Waals surface area (Å²) in [5.41, 5.74) is 2.57. The summed E-state index contributed by atoms with van der Waals surface area (Å²) < 4.78 is 19.5. The highest BCUT2D eigenvalue weighted by Crippen LogP contribution is 2.30. The van der Waals surface area contributed by atoms with Gasteiger partial charge in [-0.25, -0.2) is 4.39 Å². The molecule has 3 rings (SSSR count). The first-order valence-electron chi connectivity index (χ1n) is 9.21. The molecule has 0 saturated heterocycles. The number of halogens is 2. The van der Waals surface area contributed by atoms with Crippen molar-refractivity contribution in [3.63, 3.8) is 0 Å². The van der Waals surface area contributed by atoms with E-state index < -0.39 is 0 Å². The molecule has 0 aliphatic carbocycles. The molecule has 0 aliphatic rings. The minimum absolute atomic E-state index is 0.0892. The average molecular weight is 383 g/mol. The van der Waals surface area contributed by atoms with Crippen LogP contribution >= 0.6 is 11.6 Å². The zero-order valence-electron chi connectivity index (χ0n) is 15.7. The first-order valence-corrected chi connectivity index (χ1v) is 9.59. The van der Waals surface area contributed by atoms with Crippen LogP contribution in [0.4, 0.5) is 4.39 Å². The first-order chi connectivity index (χ1) is 12.9. The highest BCUT2D eigenvalue weighted by molar-refractivity contribution is 6.30. The lowest BCUT2D eigenvalue weighted by Crippen LogP contribution is -2.17. The van der Waals surface area contributed by atoms with E-state index in [0.717, 1.165) is 24.3 Å². The third-order valence-corrected chi connectivity index (χ3v) is 5.11. The van der Waals surface area contributed by atoms with E-state index in [1.54, 1.807) is 18.2 Å². The molecule has 0 bridgehead atoms. The largest absolute Gasteiger partial charge is 0.454 e. The fraction of sp³-hybridized carbons (Fsp3) is 0.250. The molecule has 0 heterocycles. The molecule has 0 atom stereocenters. The van der Waals surface area contributed by atoms with Gasteiger partial charge >= 0.3 is 0 Å². The van der Waals surface area contributed by atoms with Gasteiger partial charge in [-0.1, -0.05) is 61.8 Å². The van der Waals surface area contributed by atoms with E-state index in [0.29, 0.717) is 5.75 Å². The monoisotopic (exact) mass is 382 g/mol. The molecule has 140 valence electrons. The molecule has 3 aromatic carbocycles. The molecule has 0 spiro atoms. The Labute approximate surface area is 165 Å². The molecule has 0 amide bonds. The van der Waals surface area contributed by atoms with Crippen molar-refractivity contribution in [2.24, 2.45) is 0 Å². The Morgan fingerprint density at radius 1 is 0.926 bits per heavy atom. The Morgan fingerprint density at radius 2 is 1.67 bits per heavy atom. The van der Waals surface area contributed by atoms with Gasteiger partial charge in [0.05, 0.1) is 0 Å². The molecule has 0 aliphatic heterocycles. The Balaban J connectivity index is 1.60. The predicted molar refractivity (Wildman–Crippen MR) is 110 cm³/mol. The summed E-state index contributed by atoms with van der Waals surface area (Å²) in [5.74, 6) is 0.556. The van der Waals surface area contributed by atoms with E-state index in [-0.39, 0.29) is 17.0 Å². The number of para-hydroxylation sites is 1. The molecule has 1 nitrogen and oxygen atoms in total. The molecule has 3 aromatic rings. The summed E-state index contributed by atoms with van der Waals surface area (Å²) in [6.45, 7) is 4.52. The van der Waals surface area contributed by atoms with Gasteiger partial charge in [0, 0.05) is 5.02 Å². The van der Waals surface area contributed by atoms with Gasteiger partial charge in [0.1, 0.15) is 5.75 Å². The van der Waals surface area contributed by atoms with Crippen LogP contribution in [0.5, 0.6) is 11.5 Å². The summed E-state index contributed by atoms with van der Waals surface area (Å²) >= 11 is 5.99. The van der Waals surface area contributed by atoms with Gasteiger partial charge in [-0.15, -0.1) is 0 Å². The van der Waals surface area contributed by atoms with E-state index in [1.807, 2.05) is 30.3 Å². The predicted octanol–water partition coefficient (Wildman–Crippen LogP) is 7.57. The highest BCUT2D eigenvalue weighted by Gasteiger charge is 2.19. The molecule has 0 N–H and O–H groups in total. The summed E-state index contributed by atoms with van der Waals surface area (Å²) in [5, 5.41) is 0.765. The van der Waals surface area contributed by atoms with E-state index in [1.165, 1.54) is 17.2 Å². The lowest BCUT2D eigenvalue weighted by atomic mass is 9.80. The molecule has 27 heavy (non-hydrogen) atoms. The quantitative estimate of drug-likeness (QED) is 0.409. The van der Waals surface area contributed by atoms with Crippen molar-refractivity contribution < 1.29 is 9.13 Å². The third kappa shape index (κ3) is 5.33. The van der Waals surface area contributed by atoms with Gasteiger partial charge in [0.2, 0.25) is 0 Å². The van der Waals surface area contributed by atoms with Crippen LogP contribution in [-0.2, 0) is 11.8 Å². The fourth-order valence-electron chi connectivity index (χ4n) is 3.20. The number of hydrogen-bond acceptors (Lipinski definition) is 1. The maximum Gasteiger partial charge on any atom is 0.165 e. The van der Waals surface area contributed by atoms with E-state index in [9.17, 15) is 4.39 Å². The molecule has 0 unspecified atom stereocenters. The van der Waals surface area contributed by atoms with Crippen LogP contribution < -0.4 is 4.74 Å². The van der Waals surface area contributed by atoms with Crippen molar-refractivity contribution in [3.8, 4) is 11.5 Å². The summed E-state index contributed by atoms with van der Waals surface area (Å²) in [6.07, 6.45) is 3.07. The maximum absolute atomic E-state index is 13.8. The van der Waals surface area contributed by atoms with Crippen molar-refractivity contribution in [3.05, 3.63) is 94.8 Å². The molecule has 0 aromatic heterocycles. The standard InChI is InChI=1S/C24H24ClFO/c1-24(2,19-12-14-20(25)15-13-19)16-6-8-18-7-5-9-21(17-18)27-23-11-4-3-10-22(23)26/h3-5,7,9-15,17H,6,8,16H2,1-2H3. The topological polar surface area (TPSA) is 9.23 Å². The fourth-order valence-corrected chi connectivity index (χ4v) is 3.32. The SMILES string of the molecule is CC(C)(CCCc1cccc(Oc2ccccc2F)c1)c1ccc(Cl)cc1. The van der Waals surface area contributed by atoms with Crippen molar-refractivity contribution in [1.82, 2.24) is 0 Å². The minimum atomic E-state index is -0.354. The van der Waals surface area contributed by atoms with Crippen LogP contribution in [0.1, 0.15) is 37.8 Å². The molecular formula is C24H24ClFO. The number of aryl methyl sites for hydroxylation is 1. The van der Waals surface area contributed by atoms with Crippen molar-refractivity contribution in [2.45, 2.75) is 38.5 Å². The Morgan fingerprint density at radius 3 is 2.41 bits per heavy atom. The van der Waals surface area contributed by atoms with Crippen molar-refractivity contribution in [2.75, 3.05) is 0 Å². The number of ether oxygens (including phenoxy) is 1. The lowest BCUT2D eigenvalue weighted by molar-refractivity contribution is 0.440. The van der Waals surface area contributed by atoms with Gasteiger partial charge in [0.15, 0.2) is 11.6 Å². The van der Waals surface area contributed by atoms with Crippen molar-refractivity contribution >= 4 is 11.6 Å². The van der Waals surface area contributed by atoms with Gasteiger partial charge in [-0.3, -0.25) is 0 Å². The maximum atomic E-state index is 13.8. The van der Waals surface area contributed by atoms with Crippen LogP contribution in [0.25, 0.3) is 0 Å². The molecule has 0 radical (unpaired) electrons. The minimum Gasteiger partial charge on any atom is -0.454 e. The smallest absolute Gasteiger partial charge is 0.165 e. The van der Waals surface area contributed by atoms with Crippen molar-refractivity contribution in [1.29, 1.82) is 0 Å². The summed E-state index contributed by atoms with van der Waals surface area (Å²) in [6, 6.07) is 22.4.